The summed E-state index contributed by atoms with van der Waals surface area (Å²) in [5.74, 6) is -1.65. The third-order valence-electron chi connectivity index (χ3n) is 5.01. The fourth-order valence-electron chi connectivity index (χ4n) is 3.03. The molecule has 18 heteroatoms. The Kier molecular flexibility index (Phi) is 10.0. The Morgan fingerprint density at radius 1 is 1.10 bits per heavy atom. The van der Waals surface area contributed by atoms with Gasteiger partial charge in [-0.3, -0.25) is 10.1 Å². The highest BCUT2D eigenvalue weighted by atomic mass is 35.5. The molecule has 2 aromatic heterocycles. The standard InChI is InChI=1S/C14H11ClFNO4.C10H5Cl2F3N4O2/c1-8(14(18)19)20-10-2-4-11(5-3-10)21-13-12(16)6-9(15)7-17-13;11-5-1-4(10(13,14)15)2-6(12)8(5)18-9(16)7(3-17-18)19(20)21/h2-8H,1H3,(H,18,19);1-3H,16H2/t8-;/m1./s1. The number of rotatable bonds is 7. The highest BCUT2D eigenvalue weighted by molar-refractivity contribution is 6.38. The number of nitrogens with two attached hydrogens (primary N) is 1. The Balaban J connectivity index is 0.000000230. The van der Waals surface area contributed by atoms with Gasteiger partial charge in [0.05, 0.1) is 25.6 Å². The predicted octanol–water partition coefficient (Wildman–Crippen LogP) is 7.21. The number of alkyl halides is 3. The van der Waals surface area contributed by atoms with Gasteiger partial charge in [0.1, 0.15) is 23.4 Å². The number of anilines is 1. The van der Waals surface area contributed by atoms with Crippen LogP contribution in [0.5, 0.6) is 17.4 Å². The van der Waals surface area contributed by atoms with E-state index in [0.29, 0.717) is 23.6 Å². The van der Waals surface area contributed by atoms with Crippen molar-refractivity contribution in [3.63, 3.8) is 0 Å². The van der Waals surface area contributed by atoms with Crippen molar-refractivity contribution in [3.8, 4) is 23.1 Å². The lowest BCUT2D eigenvalue weighted by atomic mass is 10.2. The highest BCUT2D eigenvalue weighted by Crippen LogP contribution is 2.39. The van der Waals surface area contributed by atoms with E-state index < -0.39 is 46.1 Å². The molecule has 3 N–H and O–H groups in total. The molecule has 4 aromatic rings. The molecule has 0 saturated carbocycles. The van der Waals surface area contributed by atoms with Gasteiger partial charge in [-0.25, -0.2) is 18.9 Å². The molecule has 0 bridgehead atoms. The quantitative estimate of drug-likeness (QED) is 0.120. The average Bonchev–Trinajstić information content (AvgIpc) is 3.27. The fraction of sp³-hybridized carbons (Fsp3) is 0.125. The minimum absolute atomic E-state index is 0.170. The Hall–Kier alpha value is -4.34. The van der Waals surface area contributed by atoms with Gasteiger partial charge in [0, 0.05) is 6.20 Å². The zero-order valence-electron chi connectivity index (χ0n) is 20.8. The first-order valence-corrected chi connectivity index (χ1v) is 12.2. The van der Waals surface area contributed by atoms with Gasteiger partial charge >= 0.3 is 17.8 Å². The van der Waals surface area contributed by atoms with Crippen LogP contribution in [0.2, 0.25) is 15.1 Å². The van der Waals surface area contributed by atoms with Crippen molar-refractivity contribution < 1.29 is 41.9 Å². The van der Waals surface area contributed by atoms with Gasteiger partial charge < -0.3 is 20.3 Å². The lowest BCUT2D eigenvalue weighted by molar-refractivity contribution is -0.383. The van der Waals surface area contributed by atoms with Gasteiger partial charge in [0.2, 0.25) is 5.82 Å². The van der Waals surface area contributed by atoms with Crippen LogP contribution in [0.4, 0.5) is 29.1 Å². The largest absolute Gasteiger partial charge is 0.479 e. The minimum Gasteiger partial charge on any atom is -0.479 e. The number of hydrogen-bond donors (Lipinski definition) is 2. The number of carboxylic acids is 1. The summed E-state index contributed by atoms with van der Waals surface area (Å²) in [5, 5.41) is 22.4. The summed E-state index contributed by atoms with van der Waals surface area (Å²) in [6.07, 6.45) is -3.48. The maximum Gasteiger partial charge on any atom is 0.416 e. The van der Waals surface area contributed by atoms with Crippen LogP contribution in [0.3, 0.4) is 0 Å². The highest BCUT2D eigenvalue weighted by Gasteiger charge is 2.33. The zero-order valence-corrected chi connectivity index (χ0v) is 23.0. The van der Waals surface area contributed by atoms with Gasteiger partial charge in [0.25, 0.3) is 5.88 Å². The number of aromatic nitrogens is 3. The van der Waals surface area contributed by atoms with Crippen molar-refractivity contribution in [3.05, 3.63) is 91.4 Å². The van der Waals surface area contributed by atoms with Gasteiger partial charge in [-0.05, 0) is 49.4 Å². The molecule has 42 heavy (non-hydrogen) atoms. The van der Waals surface area contributed by atoms with Crippen LogP contribution in [0, 0.1) is 15.9 Å². The number of hydrogen-bond acceptors (Lipinski definition) is 8. The van der Waals surface area contributed by atoms with E-state index in [2.05, 4.69) is 10.1 Å². The van der Waals surface area contributed by atoms with Crippen molar-refractivity contribution in [2.75, 3.05) is 5.73 Å². The monoisotopic (exact) mass is 651 g/mol. The van der Waals surface area contributed by atoms with Crippen LogP contribution in [0.1, 0.15) is 12.5 Å². The van der Waals surface area contributed by atoms with E-state index in [4.69, 9.17) is 55.1 Å². The predicted molar refractivity (Wildman–Crippen MR) is 143 cm³/mol. The minimum atomic E-state index is -4.63. The zero-order chi connectivity index (χ0) is 31.4. The van der Waals surface area contributed by atoms with Crippen molar-refractivity contribution >= 4 is 52.3 Å². The van der Waals surface area contributed by atoms with Crippen LogP contribution in [0.25, 0.3) is 5.69 Å². The van der Waals surface area contributed by atoms with E-state index in [-0.39, 0.29) is 26.6 Å². The first kappa shape index (κ1) is 32.2. The summed E-state index contributed by atoms with van der Waals surface area (Å²) in [6.45, 7) is 1.42. The molecule has 4 rings (SSSR count). The van der Waals surface area contributed by atoms with Crippen molar-refractivity contribution in [1.82, 2.24) is 14.8 Å². The van der Waals surface area contributed by atoms with Crippen LogP contribution < -0.4 is 15.2 Å². The van der Waals surface area contributed by atoms with Gasteiger partial charge in [-0.2, -0.15) is 18.3 Å². The number of halogens is 7. The number of nitrogen functional groups attached to an aromatic ring is 1. The van der Waals surface area contributed by atoms with Crippen LogP contribution in [0.15, 0.2) is 54.9 Å². The summed E-state index contributed by atoms with van der Waals surface area (Å²) in [6, 6.07) is 8.42. The lowest BCUT2D eigenvalue weighted by Gasteiger charge is -2.12. The average molecular weight is 653 g/mol. The molecule has 0 amide bonds. The van der Waals surface area contributed by atoms with Crippen molar-refractivity contribution in [2.24, 2.45) is 0 Å². The maximum absolute atomic E-state index is 13.5. The smallest absolute Gasteiger partial charge is 0.416 e. The molecule has 222 valence electrons. The summed E-state index contributed by atoms with van der Waals surface area (Å²) in [4.78, 5) is 24.3. The third-order valence-corrected chi connectivity index (χ3v) is 5.79. The molecular formula is C24H16Cl3F4N5O6. The number of carbonyl (C=O) groups is 1. The second-order valence-electron chi connectivity index (χ2n) is 7.98. The molecule has 2 aromatic carbocycles. The second kappa shape index (κ2) is 13.1. The number of aliphatic carboxylic acids is 1. The summed E-state index contributed by atoms with van der Waals surface area (Å²) >= 11 is 17.1. The number of pyridine rings is 1. The van der Waals surface area contributed by atoms with Crippen LogP contribution in [-0.2, 0) is 11.0 Å². The molecule has 0 aliphatic carbocycles. The molecule has 0 radical (unpaired) electrons. The normalized spacial score (nSPS) is 11.7. The third kappa shape index (κ3) is 7.90. The van der Waals surface area contributed by atoms with E-state index in [1.165, 1.54) is 37.4 Å². The molecular weight excluding hydrogens is 637 g/mol. The lowest BCUT2D eigenvalue weighted by Crippen LogP contribution is -2.22. The number of benzene rings is 2. The van der Waals surface area contributed by atoms with Crippen molar-refractivity contribution in [2.45, 2.75) is 19.2 Å². The van der Waals surface area contributed by atoms with E-state index in [0.717, 1.165) is 16.9 Å². The van der Waals surface area contributed by atoms with E-state index in [9.17, 15) is 32.5 Å². The molecule has 0 spiro atoms. The molecule has 11 nitrogen and oxygen atoms in total. The van der Waals surface area contributed by atoms with E-state index >= 15 is 0 Å². The molecule has 1 atom stereocenters. The fourth-order valence-corrected chi connectivity index (χ4v) is 3.82. The number of carboxylic acid groups (broad SMARTS) is 1. The first-order chi connectivity index (χ1) is 19.6. The van der Waals surface area contributed by atoms with Gasteiger partial charge in [0.15, 0.2) is 11.9 Å². The summed E-state index contributed by atoms with van der Waals surface area (Å²) in [7, 11) is 0. The Bertz CT molecular complexity index is 1600. The summed E-state index contributed by atoms with van der Waals surface area (Å²) < 4.78 is 62.6. The number of nitro groups is 1. The van der Waals surface area contributed by atoms with Crippen molar-refractivity contribution in [1.29, 1.82) is 0 Å². The number of nitrogens with zero attached hydrogens (tertiary/aromatic N) is 4. The van der Waals surface area contributed by atoms with Crippen LogP contribution >= 0.6 is 34.8 Å². The molecule has 0 fully saturated rings. The second-order valence-corrected chi connectivity index (χ2v) is 9.23. The maximum atomic E-state index is 13.5. The molecule has 0 aliphatic rings. The Morgan fingerprint density at radius 3 is 2.14 bits per heavy atom. The molecule has 0 aliphatic heterocycles. The number of ether oxygens (including phenoxy) is 2. The first-order valence-electron chi connectivity index (χ1n) is 11.1. The molecule has 0 unspecified atom stereocenters. The van der Waals surface area contributed by atoms with Gasteiger partial charge in [-0.1, -0.05) is 34.8 Å². The van der Waals surface area contributed by atoms with Gasteiger partial charge in [-0.15, -0.1) is 0 Å². The van der Waals surface area contributed by atoms with E-state index in [1.54, 1.807) is 0 Å². The molecule has 2 heterocycles. The Labute approximate surface area is 248 Å². The summed E-state index contributed by atoms with van der Waals surface area (Å²) in [5.41, 5.74) is 3.78. The Morgan fingerprint density at radius 2 is 1.67 bits per heavy atom. The topological polar surface area (TPSA) is 156 Å². The van der Waals surface area contributed by atoms with E-state index in [1.807, 2.05) is 0 Å². The SMILES string of the molecule is C[C@@H](Oc1ccc(Oc2ncc(Cl)cc2F)cc1)C(=O)O.Nc1c([N+](=O)[O-])cnn1-c1c(Cl)cc(C(F)(F)F)cc1Cl. The molecule has 0 saturated heterocycles. The van der Waals surface area contributed by atoms with Crippen LogP contribution in [-0.4, -0.2) is 36.9 Å².